The molecule has 2 aromatic rings. The van der Waals surface area contributed by atoms with E-state index in [9.17, 15) is 14.4 Å². The van der Waals surface area contributed by atoms with Crippen LogP contribution in [-0.2, 0) is 20.9 Å². The van der Waals surface area contributed by atoms with Crippen LogP contribution in [0.4, 0.5) is 5.69 Å². The number of hydrogen-bond donors (Lipinski definition) is 2. The van der Waals surface area contributed by atoms with Gasteiger partial charge in [-0.25, -0.2) is 0 Å². The third kappa shape index (κ3) is 5.03. The molecule has 2 N–H and O–H groups in total. The van der Waals surface area contributed by atoms with E-state index in [-0.39, 0.29) is 37.2 Å². The number of rotatable bonds is 7. The molecule has 1 saturated heterocycles. The lowest BCUT2D eigenvalue weighted by molar-refractivity contribution is -0.130. The van der Waals surface area contributed by atoms with Gasteiger partial charge in [-0.05, 0) is 24.1 Å². The van der Waals surface area contributed by atoms with Crippen LogP contribution in [0.5, 0.6) is 0 Å². The summed E-state index contributed by atoms with van der Waals surface area (Å²) in [5.74, 6) is -1.04. The number of likely N-dealkylation sites (tertiary alicyclic amines) is 1. The van der Waals surface area contributed by atoms with E-state index in [4.69, 9.17) is 5.26 Å². The molecule has 3 rings (SSSR count). The number of carbonyl (C=O) groups excluding carboxylic acids is 3. The standard InChI is InChI=1S/C23H24N4O3/c1-16(17-7-3-2-4-8-17)27-15-19(13-22(27)29)23(30)25-14-18-9-5-6-10-20(18)26-21(28)11-12-24/h2-10,16,19H,11,13-15H2,1H3,(H,25,30)(H,26,28). The fourth-order valence-electron chi connectivity index (χ4n) is 3.58. The average molecular weight is 404 g/mol. The molecular formula is C23H24N4O3. The van der Waals surface area contributed by atoms with Crippen LogP contribution in [0.25, 0.3) is 0 Å². The molecule has 0 aliphatic carbocycles. The van der Waals surface area contributed by atoms with Crippen LogP contribution < -0.4 is 10.6 Å². The highest BCUT2D eigenvalue weighted by Gasteiger charge is 2.36. The third-order valence-electron chi connectivity index (χ3n) is 5.26. The minimum atomic E-state index is -0.413. The summed E-state index contributed by atoms with van der Waals surface area (Å²) in [4.78, 5) is 38.6. The monoisotopic (exact) mass is 404 g/mol. The second-order valence-electron chi connectivity index (χ2n) is 7.29. The van der Waals surface area contributed by atoms with Crippen molar-refractivity contribution in [1.82, 2.24) is 10.2 Å². The first-order chi connectivity index (χ1) is 14.5. The Hall–Kier alpha value is -3.66. The third-order valence-corrected chi connectivity index (χ3v) is 5.26. The Balaban J connectivity index is 1.59. The Morgan fingerprint density at radius 2 is 1.87 bits per heavy atom. The number of nitriles is 1. The van der Waals surface area contributed by atoms with Gasteiger partial charge in [-0.15, -0.1) is 0 Å². The van der Waals surface area contributed by atoms with Crippen molar-refractivity contribution in [3.05, 3.63) is 65.7 Å². The van der Waals surface area contributed by atoms with Crippen LogP contribution in [0.15, 0.2) is 54.6 Å². The summed E-state index contributed by atoms with van der Waals surface area (Å²) in [6.45, 7) is 2.57. The topological polar surface area (TPSA) is 102 Å². The molecule has 7 nitrogen and oxygen atoms in total. The Morgan fingerprint density at radius 1 is 1.17 bits per heavy atom. The van der Waals surface area contributed by atoms with Crippen molar-refractivity contribution in [3.63, 3.8) is 0 Å². The molecule has 0 saturated carbocycles. The molecule has 1 fully saturated rings. The van der Waals surface area contributed by atoms with E-state index in [0.29, 0.717) is 12.2 Å². The Morgan fingerprint density at radius 3 is 2.60 bits per heavy atom. The van der Waals surface area contributed by atoms with Crippen molar-refractivity contribution in [2.75, 3.05) is 11.9 Å². The minimum Gasteiger partial charge on any atom is -0.352 e. The van der Waals surface area contributed by atoms with Crippen LogP contribution in [0.3, 0.4) is 0 Å². The van der Waals surface area contributed by atoms with Crippen LogP contribution in [-0.4, -0.2) is 29.2 Å². The molecule has 7 heteroatoms. The molecule has 0 bridgehead atoms. The maximum absolute atomic E-state index is 12.7. The number of nitrogens with one attached hydrogen (secondary N) is 2. The van der Waals surface area contributed by atoms with E-state index in [0.717, 1.165) is 11.1 Å². The largest absolute Gasteiger partial charge is 0.352 e. The molecule has 2 unspecified atom stereocenters. The van der Waals surface area contributed by atoms with Crippen molar-refractivity contribution < 1.29 is 14.4 Å². The maximum atomic E-state index is 12.7. The zero-order chi connectivity index (χ0) is 21.5. The molecule has 154 valence electrons. The van der Waals surface area contributed by atoms with Gasteiger partial charge < -0.3 is 15.5 Å². The van der Waals surface area contributed by atoms with Gasteiger partial charge in [0, 0.05) is 25.2 Å². The zero-order valence-electron chi connectivity index (χ0n) is 16.8. The number of hydrogen-bond acceptors (Lipinski definition) is 4. The van der Waals surface area contributed by atoms with E-state index in [1.54, 1.807) is 29.2 Å². The van der Waals surface area contributed by atoms with Crippen molar-refractivity contribution in [2.45, 2.75) is 32.4 Å². The van der Waals surface area contributed by atoms with Gasteiger partial charge in [-0.1, -0.05) is 48.5 Å². The quantitative estimate of drug-likeness (QED) is 0.741. The average Bonchev–Trinajstić information content (AvgIpc) is 3.15. The number of para-hydroxylation sites is 1. The Kier molecular flexibility index (Phi) is 6.81. The van der Waals surface area contributed by atoms with Gasteiger partial charge in [0.1, 0.15) is 6.42 Å². The summed E-state index contributed by atoms with van der Waals surface area (Å²) in [7, 11) is 0. The molecule has 0 spiro atoms. The fraction of sp³-hybridized carbons (Fsp3) is 0.304. The van der Waals surface area contributed by atoms with Crippen molar-refractivity contribution >= 4 is 23.4 Å². The maximum Gasteiger partial charge on any atom is 0.238 e. The molecule has 3 amide bonds. The Bertz CT molecular complexity index is 968. The number of carbonyl (C=O) groups is 3. The van der Waals surface area contributed by atoms with E-state index < -0.39 is 11.8 Å². The van der Waals surface area contributed by atoms with Crippen molar-refractivity contribution in [2.24, 2.45) is 5.92 Å². The summed E-state index contributed by atoms with van der Waals surface area (Å²) in [6, 6.07) is 18.6. The second kappa shape index (κ2) is 9.70. The van der Waals surface area contributed by atoms with Crippen LogP contribution in [0, 0.1) is 17.2 Å². The molecule has 30 heavy (non-hydrogen) atoms. The lowest BCUT2D eigenvalue weighted by Gasteiger charge is -2.25. The fourth-order valence-corrected chi connectivity index (χ4v) is 3.58. The molecular weight excluding hydrogens is 380 g/mol. The molecule has 2 atom stereocenters. The SMILES string of the molecule is CC(c1ccccc1)N1CC(C(=O)NCc2ccccc2NC(=O)CC#N)CC1=O. The van der Waals surface area contributed by atoms with E-state index in [1.165, 1.54) is 0 Å². The molecule has 1 aliphatic heterocycles. The minimum absolute atomic E-state index is 0.0318. The zero-order valence-corrected chi connectivity index (χ0v) is 16.8. The Labute approximate surface area is 175 Å². The second-order valence-corrected chi connectivity index (χ2v) is 7.29. The normalized spacial score (nSPS) is 16.6. The van der Waals surface area contributed by atoms with Crippen molar-refractivity contribution in [1.29, 1.82) is 5.26 Å². The predicted molar refractivity (Wildman–Crippen MR) is 112 cm³/mol. The van der Waals surface area contributed by atoms with Crippen LogP contribution in [0.2, 0.25) is 0 Å². The summed E-state index contributed by atoms with van der Waals surface area (Å²) in [5, 5.41) is 14.2. The van der Waals surface area contributed by atoms with Crippen LogP contribution >= 0.6 is 0 Å². The summed E-state index contributed by atoms with van der Waals surface area (Å²) >= 11 is 0. The highest BCUT2D eigenvalue weighted by molar-refractivity contribution is 5.93. The molecule has 1 aliphatic rings. The lowest BCUT2D eigenvalue weighted by Crippen LogP contribution is -2.33. The number of nitrogens with zero attached hydrogens (tertiary/aromatic N) is 2. The highest BCUT2D eigenvalue weighted by Crippen LogP contribution is 2.28. The first-order valence-corrected chi connectivity index (χ1v) is 9.86. The van der Waals surface area contributed by atoms with Gasteiger partial charge in [-0.3, -0.25) is 14.4 Å². The van der Waals surface area contributed by atoms with Crippen molar-refractivity contribution in [3.8, 4) is 6.07 Å². The van der Waals surface area contributed by atoms with E-state index >= 15 is 0 Å². The predicted octanol–water partition coefficient (Wildman–Crippen LogP) is 2.76. The highest BCUT2D eigenvalue weighted by atomic mass is 16.2. The molecule has 1 heterocycles. The summed E-state index contributed by atoms with van der Waals surface area (Å²) in [6.07, 6.45) is -0.0517. The lowest BCUT2D eigenvalue weighted by atomic mass is 10.1. The van der Waals surface area contributed by atoms with Gasteiger partial charge in [0.15, 0.2) is 0 Å². The summed E-state index contributed by atoms with van der Waals surface area (Å²) in [5.41, 5.74) is 2.32. The van der Waals surface area contributed by atoms with E-state index in [1.807, 2.05) is 43.3 Å². The molecule has 0 radical (unpaired) electrons. The number of amides is 3. The summed E-state index contributed by atoms with van der Waals surface area (Å²) < 4.78 is 0. The van der Waals surface area contributed by atoms with Gasteiger partial charge >= 0.3 is 0 Å². The van der Waals surface area contributed by atoms with Gasteiger partial charge in [0.05, 0.1) is 18.0 Å². The first-order valence-electron chi connectivity index (χ1n) is 9.86. The van der Waals surface area contributed by atoms with Gasteiger partial charge in [-0.2, -0.15) is 5.26 Å². The van der Waals surface area contributed by atoms with Gasteiger partial charge in [0.25, 0.3) is 0 Å². The number of anilines is 1. The molecule has 0 aromatic heterocycles. The molecule has 2 aromatic carbocycles. The van der Waals surface area contributed by atoms with Crippen LogP contribution in [0.1, 0.15) is 36.9 Å². The number of benzene rings is 2. The van der Waals surface area contributed by atoms with E-state index in [2.05, 4.69) is 10.6 Å². The van der Waals surface area contributed by atoms with Gasteiger partial charge in [0.2, 0.25) is 17.7 Å². The first kappa shape index (κ1) is 21.1. The smallest absolute Gasteiger partial charge is 0.238 e.